The van der Waals surface area contributed by atoms with Crippen LogP contribution in [-0.2, 0) is 6.42 Å². The normalized spacial score (nSPS) is 13.1. The predicted octanol–water partition coefficient (Wildman–Crippen LogP) is 3.65. The molecule has 0 heterocycles. The summed E-state index contributed by atoms with van der Waals surface area (Å²) in [6.45, 7) is 2.40. The fourth-order valence-electron chi connectivity index (χ4n) is 1.52. The highest BCUT2D eigenvalue weighted by atomic mass is 35.5. The molecule has 1 N–H and O–H groups in total. The molecule has 0 aliphatic rings. The first-order valence-electron chi connectivity index (χ1n) is 5.50. The lowest BCUT2D eigenvalue weighted by Crippen LogP contribution is -2.38. The molecule has 1 aromatic rings. The van der Waals surface area contributed by atoms with Crippen LogP contribution in [0.1, 0.15) is 18.9 Å². The van der Waals surface area contributed by atoms with Crippen LogP contribution < -0.4 is 5.32 Å². The SMILES string of the molecule is CCCNC(Cc1cccc(F)c1Cl)C(F)F. The molecule has 0 saturated carbocycles. The van der Waals surface area contributed by atoms with Gasteiger partial charge in [-0.15, -0.1) is 0 Å². The summed E-state index contributed by atoms with van der Waals surface area (Å²) in [7, 11) is 0. The lowest BCUT2D eigenvalue weighted by Gasteiger charge is -2.18. The molecule has 0 radical (unpaired) electrons. The van der Waals surface area contributed by atoms with Gasteiger partial charge in [0.15, 0.2) is 0 Å². The van der Waals surface area contributed by atoms with Crippen molar-refractivity contribution in [1.82, 2.24) is 5.32 Å². The number of benzene rings is 1. The van der Waals surface area contributed by atoms with Gasteiger partial charge >= 0.3 is 0 Å². The first kappa shape index (κ1) is 14.3. The zero-order valence-electron chi connectivity index (χ0n) is 9.52. The lowest BCUT2D eigenvalue weighted by molar-refractivity contribution is 0.0983. The van der Waals surface area contributed by atoms with Crippen molar-refractivity contribution in [1.29, 1.82) is 0 Å². The van der Waals surface area contributed by atoms with E-state index in [9.17, 15) is 13.2 Å². The second-order valence-corrected chi connectivity index (χ2v) is 4.19. The molecule has 17 heavy (non-hydrogen) atoms. The first-order chi connectivity index (χ1) is 8.06. The van der Waals surface area contributed by atoms with E-state index in [0.29, 0.717) is 12.1 Å². The van der Waals surface area contributed by atoms with Gasteiger partial charge in [0.2, 0.25) is 0 Å². The summed E-state index contributed by atoms with van der Waals surface area (Å²) in [5.74, 6) is -0.576. The van der Waals surface area contributed by atoms with Crippen LogP contribution in [-0.4, -0.2) is 19.0 Å². The van der Waals surface area contributed by atoms with Crippen LogP contribution in [0.15, 0.2) is 18.2 Å². The number of alkyl halides is 2. The molecular weight excluding hydrogens is 251 g/mol. The second kappa shape index (κ2) is 6.87. The average Bonchev–Trinajstić information content (AvgIpc) is 2.29. The molecule has 0 spiro atoms. The van der Waals surface area contributed by atoms with Crippen molar-refractivity contribution in [3.05, 3.63) is 34.6 Å². The summed E-state index contributed by atoms with van der Waals surface area (Å²) in [5.41, 5.74) is 0.403. The third-order valence-corrected chi connectivity index (χ3v) is 2.86. The van der Waals surface area contributed by atoms with E-state index < -0.39 is 18.3 Å². The second-order valence-electron chi connectivity index (χ2n) is 3.81. The molecule has 1 unspecified atom stereocenters. The zero-order valence-corrected chi connectivity index (χ0v) is 10.3. The maximum atomic E-state index is 13.1. The van der Waals surface area contributed by atoms with Crippen LogP contribution in [0.2, 0.25) is 5.02 Å². The number of halogens is 4. The van der Waals surface area contributed by atoms with E-state index in [1.807, 2.05) is 6.92 Å². The highest BCUT2D eigenvalue weighted by Crippen LogP contribution is 2.22. The quantitative estimate of drug-likeness (QED) is 0.828. The highest BCUT2D eigenvalue weighted by molar-refractivity contribution is 6.31. The van der Waals surface area contributed by atoms with E-state index in [0.717, 1.165) is 6.42 Å². The zero-order chi connectivity index (χ0) is 12.8. The van der Waals surface area contributed by atoms with Gasteiger partial charge in [0.25, 0.3) is 6.43 Å². The number of hydrogen-bond donors (Lipinski definition) is 1. The summed E-state index contributed by atoms with van der Waals surface area (Å²) in [6, 6.07) is 3.25. The molecule has 0 saturated heterocycles. The maximum absolute atomic E-state index is 13.1. The molecular formula is C12H15ClF3N. The van der Waals surface area contributed by atoms with Crippen LogP contribution in [0.4, 0.5) is 13.2 Å². The van der Waals surface area contributed by atoms with Crippen molar-refractivity contribution in [2.45, 2.75) is 32.2 Å². The molecule has 0 aliphatic carbocycles. The van der Waals surface area contributed by atoms with Gasteiger partial charge in [-0.25, -0.2) is 13.2 Å². The van der Waals surface area contributed by atoms with Gasteiger partial charge in [0.1, 0.15) is 5.82 Å². The molecule has 0 amide bonds. The average molecular weight is 266 g/mol. The molecule has 1 atom stereocenters. The van der Waals surface area contributed by atoms with Crippen LogP contribution in [0, 0.1) is 5.82 Å². The third-order valence-electron chi connectivity index (χ3n) is 2.43. The van der Waals surface area contributed by atoms with Gasteiger partial charge in [0.05, 0.1) is 11.1 Å². The van der Waals surface area contributed by atoms with Crippen LogP contribution in [0.3, 0.4) is 0 Å². The number of rotatable bonds is 6. The third kappa shape index (κ3) is 4.21. The lowest BCUT2D eigenvalue weighted by atomic mass is 10.1. The fourth-order valence-corrected chi connectivity index (χ4v) is 1.73. The van der Waals surface area contributed by atoms with E-state index >= 15 is 0 Å². The monoisotopic (exact) mass is 265 g/mol. The Hall–Kier alpha value is -0.740. The molecule has 5 heteroatoms. The molecule has 96 valence electrons. The Morgan fingerprint density at radius 1 is 1.35 bits per heavy atom. The van der Waals surface area contributed by atoms with E-state index in [1.165, 1.54) is 12.1 Å². The number of hydrogen-bond acceptors (Lipinski definition) is 1. The molecule has 1 aromatic carbocycles. The Kier molecular flexibility index (Phi) is 5.78. The van der Waals surface area contributed by atoms with Crippen molar-refractivity contribution in [2.24, 2.45) is 0 Å². The first-order valence-corrected chi connectivity index (χ1v) is 5.88. The van der Waals surface area contributed by atoms with Gasteiger partial charge in [-0.05, 0) is 31.0 Å². The minimum atomic E-state index is -2.50. The summed E-state index contributed by atoms with van der Waals surface area (Å²) >= 11 is 5.73. The summed E-state index contributed by atoms with van der Waals surface area (Å²) in [6.07, 6.45) is -1.71. The maximum Gasteiger partial charge on any atom is 0.254 e. The van der Waals surface area contributed by atoms with Crippen molar-refractivity contribution >= 4 is 11.6 Å². The molecule has 1 nitrogen and oxygen atoms in total. The van der Waals surface area contributed by atoms with Crippen molar-refractivity contribution in [3.8, 4) is 0 Å². The Morgan fingerprint density at radius 3 is 2.65 bits per heavy atom. The van der Waals surface area contributed by atoms with Crippen molar-refractivity contribution in [2.75, 3.05) is 6.54 Å². The van der Waals surface area contributed by atoms with Crippen LogP contribution in [0.5, 0.6) is 0 Å². The predicted molar refractivity (Wildman–Crippen MR) is 63.2 cm³/mol. The van der Waals surface area contributed by atoms with E-state index in [4.69, 9.17) is 11.6 Å². The van der Waals surface area contributed by atoms with E-state index in [-0.39, 0.29) is 11.4 Å². The van der Waals surface area contributed by atoms with Crippen LogP contribution in [0.25, 0.3) is 0 Å². The van der Waals surface area contributed by atoms with Gasteiger partial charge in [-0.2, -0.15) is 0 Å². The Balaban J connectivity index is 2.75. The van der Waals surface area contributed by atoms with E-state index in [2.05, 4.69) is 5.32 Å². The van der Waals surface area contributed by atoms with Gasteiger partial charge in [-0.3, -0.25) is 0 Å². The fraction of sp³-hybridized carbons (Fsp3) is 0.500. The van der Waals surface area contributed by atoms with E-state index in [1.54, 1.807) is 6.07 Å². The van der Waals surface area contributed by atoms with Crippen LogP contribution >= 0.6 is 11.6 Å². The van der Waals surface area contributed by atoms with Gasteiger partial charge in [0, 0.05) is 0 Å². The van der Waals surface area contributed by atoms with Crippen molar-refractivity contribution in [3.63, 3.8) is 0 Å². The van der Waals surface area contributed by atoms with Gasteiger partial charge in [-0.1, -0.05) is 30.7 Å². The molecule has 1 rings (SSSR count). The minimum Gasteiger partial charge on any atom is -0.309 e. The molecule has 0 aliphatic heterocycles. The molecule has 0 bridgehead atoms. The topological polar surface area (TPSA) is 12.0 Å². The molecule has 0 aromatic heterocycles. The Labute approximate surface area is 104 Å². The number of nitrogens with one attached hydrogen (secondary N) is 1. The van der Waals surface area contributed by atoms with Gasteiger partial charge < -0.3 is 5.32 Å². The standard InChI is InChI=1S/C12H15ClF3N/c1-2-6-17-10(12(15)16)7-8-4-3-5-9(14)11(8)13/h3-5,10,12,17H,2,6-7H2,1H3. The summed E-state index contributed by atoms with van der Waals surface area (Å²) < 4.78 is 38.6. The summed E-state index contributed by atoms with van der Waals surface area (Å²) in [5, 5.41) is 2.66. The van der Waals surface area contributed by atoms with Crippen molar-refractivity contribution < 1.29 is 13.2 Å². The highest BCUT2D eigenvalue weighted by Gasteiger charge is 2.21. The molecule has 0 fully saturated rings. The Bertz CT molecular complexity index is 358. The largest absolute Gasteiger partial charge is 0.309 e. The smallest absolute Gasteiger partial charge is 0.254 e. The summed E-state index contributed by atoms with van der Waals surface area (Å²) in [4.78, 5) is 0. The Morgan fingerprint density at radius 2 is 2.06 bits per heavy atom. The minimum absolute atomic E-state index is 0.0221.